The number of carboxylic acids is 1. The highest BCUT2D eigenvalue weighted by Gasteiger charge is 2.26. The first-order chi connectivity index (χ1) is 31.4. The number of nitrogens with one attached hydrogen (secondary N) is 3. The molecular weight excluding hydrogens is 829 g/mol. The topological polar surface area (TPSA) is 223 Å². The second-order valence-electron chi connectivity index (χ2n) is 18.3. The number of carbonyl (C=O) groups is 6. The average molecular weight is 925 g/mol. The Hall–Kier alpha value is -3.26. The Morgan fingerprint density at radius 3 is 1.48 bits per heavy atom. The first-order valence-corrected chi connectivity index (χ1v) is 26.3. The van der Waals surface area contributed by atoms with E-state index in [9.17, 15) is 39.0 Å². The summed E-state index contributed by atoms with van der Waals surface area (Å²) < 4.78 is 11.0. The third kappa shape index (κ3) is 40.7. The van der Waals surface area contributed by atoms with Crippen LogP contribution in [0.4, 0.5) is 0 Å². The summed E-state index contributed by atoms with van der Waals surface area (Å²) >= 11 is 0. The predicted octanol–water partition coefficient (Wildman–Crippen LogP) is 9.64. The lowest BCUT2D eigenvalue weighted by atomic mass is 10.0. The quantitative estimate of drug-likeness (QED) is 0.0249. The molecule has 0 unspecified atom stereocenters. The lowest BCUT2D eigenvalue weighted by molar-refractivity contribution is -0.151. The summed E-state index contributed by atoms with van der Waals surface area (Å²) in [6, 6.07) is -1.98. The molecule has 14 heteroatoms. The van der Waals surface area contributed by atoms with Crippen LogP contribution in [0.1, 0.15) is 245 Å². The van der Waals surface area contributed by atoms with E-state index in [1.54, 1.807) is 0 Å². The van der Waals surface area contributed by atoms with Crippen LogP contribution in [0.3, 0.4) is 0 Å². The second kappa shape index (κ2) is 44.6. The minimum absolute atomic E-state index is 0.0843. The number of nitrogens with two attached hydrogens (primary N) is 1. The molecule has 0 aliphatic rings. The van der Waals surface area contributed by atoms with Crippen LogP contribution in [0.25, 0.3) is 0 Å². The molecule has 0 fully saturated rings. The van der Waals surface area contributed by atoms with Crippen molar-refractivity contribution in [3.8, 4) is 0 Å². The maximum Gasteiger partial charge on any atom is 0.319 e. The van der Waals surface area contributed by atoms with E-state index in [0.29, 0.717) is 25.7 Å². The molecule has 0 bridgehead atoms. The summed E-state index contributed by atoms with van der Waals surface area (Å²) in [5, 5.41) is 28.2. The number of unbranched alkanes of at least 4 members (excludes halogenated alkanes) is 24. The first-order valence-electron chi connectivity index (χ1n) is 26.3. The Kier molecular flexibility index (Phi) is 42.3. The number of carboxylic acid groups (broad SMARTS) is 1. The number of hydrogen-bond donors (Lipinski definition) is 6. The van der Waals surface area contributed by atoms with Crippen LogP contribution in [0.2, 0.25) is 0 Å². The van der Waals surface area contributed by atoms with Gasteiger partial charge in [0.15, 0.2) is 0 Å². The maximum absolute atomic E-state index is 13.3. The molecule has 0 rings (SSSR count). The van der Waals surface area contributed by atoms with Gasteiger partial charge in [-0.15, -0.1) is 0 Å². The summed E-state index contributed by atoms with van der Waals surface area (Å²) in [6.07, 6.45) is 30.1. The molecule has 0 radical (unpaired) electrons. The van der Waals surface area contributed by atoms with Gasteiger partial charge >= 0.3 is 17.9 Å². The van der Waals surface area contributed by atoms with Gasteiger partial charge in [-0.05, 0) is 38.5 Å². The average Bonchev–Trinajstić information content (AvgIpc) is 3.27. The Bertz CT molecular complexity index is 1220. The fourth-order valence-electron chi connectivity index (χ4n) is 7.98. The SMILES string of the molecule is CCCCCCCCCCCC(=O)O[C@H](CCCCCCCCCCC)CC(=O)N[C@H](CC(=O)O)C(=O)NCCC[C@H](COC(=O)CN)NC(=O)C[C@H](O)CCCCCCCCCCC. The molecule has 3 amide bonds. The van der Waals surface area contributed by atoms with Gasteiger partial charge in [-0.2, -0.15) is 0 Å². The zero-order chi connectivity index (χ0) is 48.2. The molecule has 0 aromatic rings. The van der Waals surface area contributed by atoms with Gasteiger partial charge in [0.1, 0.15) is 18.8 Å². The Morgan fingerprint density at radius 2 is 0.985 bits per heavy atom. The van der Waals surface area contributed by atoms with Crippen molar-refractivity contribution in [2.75, 3.05) is 19.7 Å². The van der Waals surface area contributed by atoms with Gasteiger partial charge in [-0.3, -0.25) is 28.8 Å². The number of rotatable bonds is 47. The number of aliphatic carboxylic acids is 1. The Balaban J connectivity index is 5.16. The van der Waals surface area contributed by atoms with E-state index in [1.807, 2.05) is 0 Å². The van der Waals surface area contributed by atoms with Crippen LogP contribution in [-0.2, 0) is 38.2 Å². The van der Waals surface area contributed by atoms with E-state index < -0.39 is 54.5 Å². The predicted molar refractivity (Wildman–Crippen MR) is 259 cm³/mol. The van der Waals surface area contributed by atoms with Crippen molar-refractivity contribution in [1.82, 2.24) is 16.0 Å². The molecule has 4 atom stereocenters. The van der Waals surface area contributed by atoms with Crippen molar-refractivity contribution in [3.05, 3.63) is 0 Å². The highest BCUT2D eigenvalue weighted by molar-refractivity contribution is 5.90. The second-order valence-corrected chi connectivity index (χ2v) is 18.3. The van der Waals surface area contributed by atoms with Gasteiger partial charge in [0.2, 0.25) is 17.7 Å². The van der Waals surface area contributed by atoms with Crippen LogP contribution >= 0.6 is 0 Å². The van der Waals surface area contributed by atoms with Crippen LogP contribution in [0.15, 0.2) is 0 Å². The minimum Gasteiger partial charge on any atom is -0.481 e. The van der Waals surface area contributed by atoms with E-state index in [0.717, 1.165) is 70.6 Å². The molecule has 14 nitrogen and oxygen atoms in total. The molecule has 380 valence electrons. The number of esters is 2. The van der Waals surface area contributed by atoms with Gasteiger partial charge in [0.05, 0.1) is 38.0 Å². The number of ether oxygens (including phenoxy) is 2. The van der Waals surface area contributed by atoms with Gasteiger partial charge in [0, 0.05) is 13.0 Å². The fraction of sp³-hybridized carbons (Fsp3) is 0.882. The molecule has 0 spiro atoms. The van der Waals surface area contributed by atoms with Gasteiger partial charge in [-0.1, -0.05) is 181 Å². The largest absolute Gasteiger partial charge is 0.481 e. The highest BCUT2D eigenvalue weighted by atomic mass is 16.5. The lowest BCUT2D eigenvalue weighted by Crippen LogP contribution is -2.49. The fourth-order valence-corrected chi connectivity index (χ4v) is 7.98. The molecule has 65 heavy (non-hydrogen) atoms. The summed E-state index contributed by atoms with van der Waals surface area (Å²) in [4.78, 5) is 75.9. The van der Waals surface area contributed by atoms with Crippen molar-refractivity contribution >= 4 is 35.6 Å². The standard InChI is InChI=1S/C51H96N4O10/c1-4-7-10-13-16-19-22-25-28-33-43(56)37-46(57)54-42(41-64-50(62)40-52)32-31-36-53-51(63)45(39-48(59)60)55-47(58)38-44(34-29-26-23-20-17-14-11-8-5-2)65-49(61)35-30-27-24-21-18-15-12-9-6-3/h42-45,56H,4-41,52H2,1-3H3,(H,53,63)(H,54,57)(H,55,58)(H,59,60)/t42-,43-,44-,45-/m1/s1. The monoisotopic (exact) mass is 925 g/mol. The van der Waals surface area contributed by atoms with Crippen LogP contribution in [0, 0.1) is 0 Å². The molecule has 0 heterocycles. The van der Waals surface area contributed by atoms with Crippen molar-refractivity contribution < 1.29 is 48.5 Å². The normalized spacial score (nSPS) is 13.1. The number of aliphatic hydroxyl groups is 1. The maximum atomic E-state index is 13.3. The van der Waals surface area contributed by atoms with E-state index in [2.05, 4.69) is 36.7 Å². The van der Waals surface area contributed by atoms with E-state index in [1.165, 1.54) is 103 Å². The lowest BCUT2D eigenvalue weighted by Gasteiger charge is -2.22. The third-order valence-corrected chi connectivity index (χ3v) is 11.9. The number of aliphatic hydroxyl groups excluding tert-OH is 1. The number of amides is 3. The van der Waals surface area contributed by atoms with Gasteiger partial charge in [-0.25, -0.2) is 0 Å². The molecule has 0 aromatic carbocycles. The van der Waals surface area contributed by atoms with Crippen molar-refractivity contribution in [3.63, 3.8) is 0 Å². The summed E-state index contributed by atoms with van der Waals surface area (Å²) in [5.74, 6) is -3.91. The Labute approximate surface area is 394 Å². The third-order valence-electron chi connectivity index (χ3n) is 11.9. The van der Waals surface area contributed by atoms with E-state index in [-0.39, 0.29) is 50.8 Å². The van der Waals surface area contributed by atoms with E-state index >= 15 is 0 Å². The van der Waals surface area contributed by atoms with Crippen molar-refractivity contribution in [2.45, 2.75) is 270 Å². The highest BCUT2D eigenvalue weighted by Crippen LogP contribution is 2.17. The summed E-state index contributed by atoms with van der Waals surface area (Å²) in [5.41, 5.74) is 5.39. The summed E-state index contributed by atoms with van der Waals surface area (Å²) in [7, 11) is 0. The van der Waals surface area contributed by atoms with E-state index in [4.69, 9.17) is 15.2 Å². The molecular formula is C51H96N4O10. The smallest absolute Gasteiger partial charge is 0.319 e. The Morgan fingerprint density at radius 1 is 0.523 bits per heavy atom. The van der Waals surface area contributed by atoms with Crippen LogP contribution < -0.4 is 21.7 Å². The van der Waals surface area contributed by atoms with Gasteiger partial charge in [0.25, 0.3) is 0 Å². The van der Waals surface area contributed by atoms with Gasteiger partial charge < -0.3 is 41.4 Å². The van der Waals surface area contributed by atoms with Crippen molar-refractivity contribution in [2.24, 2.45) is 5.73 Å². The van der Waals surface area contributed by atoms with Crippen LogP contribution in [0.5, 0.6) is 0 Å². The van der Waals surface area contributed by atoms with Crippen molar-refractivity contribution in [1.29, 1.82) is 0 Å². The molecule has 7 N–H and O–H groups in total. The summed E-state index contributed by atoms with van der Waals surface area (Å²) in [6.45, 7) is 6.22. The number of hydrogen-bond acceptors (Lipinski definition) is 10. The van der Waals surface area contributed by atoms with Crippen LogP contribution in [-0.4, -0.2) is 89.8 Å². The molecule has 0 aliphatic carbocycles. The zero-order valence-electron chi connectivity index (χ0n) is 41.4. The molecule has 0 saturated heterocycles. The first kappa shape index (κ1) is 61.7. The molecule has 0 aliphatic heterocycles. The minimum atomic E-state index is -1.36. The zero-order valence-corrected chi connectivity index (χ0v) is 41.4. The number of carbonyl (C=O) groups excluding carboxylic acids is 5. The molecule has 0 saturated carbocycles. The molecule has 0 aromatic heterocycles.